The minimum atomic E-state index is 0.0626. The number of thioether (sulfide) groups is 1. The van der Waals surface area contributed by atoms with Crippen molar-refractivity contribution in [3.8, 4) is 22.3 Å². The van der Waals surface area contributed by atoms with Gasteiger partial charge in [-0.15, -0.1) is 0 Å². The molecule has 0 aromatic heterocycles. The first-order valence-electron chi connectivity index (χ1n) is 6.09. The van der Waals surface area contributed by atoms with Gasteiger partial charge in [0.1, 0.15) is 0 Å². The molecule has 0 fully saturated rings. The molecule has 0 radical (unpaired) electrons. The average Bonchev–Trinajstić information content (AvgIpc) is 2.48. The number of hydrogen-bond acceptors (Lipinski definition) is 2. The van der Waals surface area contributed by atoms with Crippen LogP contribution in [0.5, 0.6) is 0 Å². The number of hydrogen-bond donors (Lipinski definition) is 0. The van der Waals surface area contributed by atoms with Crippen LogP contribution in [0.4, 0.5) is 0 Å². The summed E-state index contributed by atoms with van der Waals surface area (Å²) < 4.78 is 0. The van der Waals surface area contributed by atoms with Crippen LogP contribution in [0.25, 0.3) is 0 Å². The molecule has 0 heterocycles. The lowest BCUT2D eigenvalue weighted by Gasteiger charge is -1.94. The molecule has 2 aromatic rings. The smallest absolute Gasteiger partial charge is 0.159 e. The van der Waals surface area contributed by atoms with E-state index in [1.165, 1.54) is 11.8 Å². The van der Waals surface area contributed by atoms with Crippen molar-refractivity contribution in [3.63, 3.8) is 0 Å². The van der Waals surface area contributed by atoms with Crippen LogP contribution < -0.4 is 0 Å². The number of carbonyl (C=O) groups is 1. The van der Waals surface area contributed by atoms with Gasteiger partial charge in [0.25, 0.3) is 0 Å². The molecular formula is C18H12OS. The maximum absolute atomic E-state index is 11.1. The van der Waals surface area contributed by atoms with Crippen LogP contribution in [0.1, 0.15) is 28.4 Å². The highest BCUT2D eigenvalue weighted by Crippen LogP contribution is 2.05. The van der Waals surface area contributed by atoms with Crippen LogP contribution in [0.2, 0.25) is 0 Å². The van der Waals surface area contributed by atoms with Gasteiger partial charge in [-0.1, -0.05) is 42.2 Å². The Kier molecular flexibility index (Phi) is 5.07. The molecule has 2 heteroatoms. The Morgan fingerprint density at radius 1 is 0.850 bits per heavy atom. The van der Waals surface area contributed by atoms with Crippen molar-refractivity contribution in [2.75, 3.05) is 0 Å². The average molecular weight is 276 g/mol. The molecule has 2 aromatic carbocycles. The second-order valence-electron chi connectivity index (χ2n) is 4.06. The minimum Gasteiger partial charge on any atom is -0.295 e. The van der Waals surface area contributed by atoms with Gasteiger partial charge in [0.15, 0.2) is 5.78 Å². The standard InChI is InChI=1S/C18H12OS/c1-15(19)18-9-7-17(8-10-18)12-14-20-13-11-16-5-3-2-4-6-16/h2-10H,1H3. The molecule has 0 saturated heterocycles. The van der Waals surface area contributed by atoms with E-state index in [1.807, 2.05) is 42.5 Å². The van der Waals surface area contributed by atoms with Gasteiger partial charge in [0, 0.05) is 28.5 Å². The molecule has 0 atom stereocenters. The number of benzene rings is 2. The summed E-state index contributed by atoms with van der Waals surface area (Å²) in [6.07, 6.45) is 0. The van der Waals surface area contributed by atoms with E-state index in [9.17, 15) is 4.79 Å². The van der Waals surface area contributed by atoms with Crippen LogP contribution >= 0.6 is 11.8 Å². The lowest BCUT2D eigenvalue weighted by atomic mass is 10.1. The van der Waals surface area contributed by atoms with Crippen molar-refractivity contribution in [2.24, 2.45) is 0 Å². The third-order valence-electron chi connectivity index (χ3n) is 2.56. The number of carbonyl (C=O) groups excluding carboxylic acids is 1. The summed E-state index contributed by atoms with van der Waals surface area (Å²) in [5.41, 5.74) is 2.56. The Hall–Kier alpha value is -2.42. The zero-order valence-corrected chi connectivity index (χ0v) is 11.8. The van der Waals surface area contributed by atoms with Crippen LogP contribution in [-0.2, 0) is 0 Å². The van der Waals surface area contributed by atoms with Gasteiger partial charge < -0.3 is 0 Å². The van der Waals surface area contributed by atoms with Gasteiger partial charge in [-0.2, -0.15) is 0 Å². The first-order valence-corrected chi connectivity index (χ1v) is 6.91. The predicted molar refractivity (Wildman–Crippen MR) is 84.2 cm³/mol. The summed E-state index contributed by atoms with van der Waals surface area (Å²) in [5.74, 6) is 6.08. The summed E-state index contributed by atoms with van der Waals surface area (Å²) in [6, 6.07) is 17.0. The van der Waals surface area contributed by atoms with Crippen molar-refractivity contribution in [1.82, 2.24) is 0 Å². The first kappa shape index (κ1) is 14.0. The fourth-order valence-corrected chi connectivity index (χ4v) is 1.89. The fraction of sp³-hybridized carbons (Fsp3) is 0.0556. The summed E-state index contributed by atoms with van der Waals surface area (Å²) in [5, 5.41) is 5.87. The summed E-state index contributed by atoms with van der Waals surface area (Å²) in [6.45, 7) is 1.55. The van der Waals surface area contributed by atoms with Crippen molar-refractivity contribution in [1.29, 1.82) is 0 Å². The van der Waals surface area contributed by atoms with E-state index in [0.717, 1.165) is 11.1 Å². The SMILES string of the molecule is CC(=O)c1ccc(C#CSC#Cc2ccccc2)cc1. The summed E-state index contributed by atoms with van der Waals surface area (Å²) in [7, 11) is 0. The van der Waals surface area contributed by atoms with E-state index in [0.29, 0.717) is 5.56 Å². The van der Waals surface area contributed by atoms with Crippen molar-refractivity contribution in [3.05, 3.63) is 71.3 Å². The van der Waals surface area contributed by atoms with Crippen molar-refractivity contribution >= 4 is 17.5 Å². The highest BCUT2D eigenvalue weighted by atomic mass is 32.2. The number of Topliss-reactive ketones (excluding diaryl/α,β-unsaturated/α-hetero) is 1. The van der Waals surface area contributed by atoms with E-state index in [-0.39, 0.29) is 5.78 Å². The highest BCUT2D eigenvalue weighted by molar-refractivity contribution is 8.08. The molecule has 0 unspecified atom stereocenters. The van der Waals surface area contributed by atoms with Crippen LogP contribution in [0, 0.1) is 22.3 Å². The summed E-state index contributed by atoms with van der Waals surface area (Å²) in [4.78, 5) is 11.1. The van der Waals surface area contributed by atoms with Crippen LogP contribution in [-0.4, -0.2) is 5.78 Å². The van der Waals surface area contributed by atoms with Gasteiger partial charge in [0.05, 0.1) is 0 Å². The Balaban J connectivity index is 1.95. The number of rotatable bonds is 1. The molecule has 0 N–H and O–H groups in total. The third-order valence-corrected chi connectivity index (χ3v) is 2.97. The normalized spacial score (nSPS) is 8.85. The van der Waals surface area contributed by atoms with E-state index in [1.54, 1.807) is 19.1 Å². The quantitative estimate of drug-likeness (QED) is 0.579. The molecule has 0 aliphatic carbocycles. The largest absolute Gasteiger partial charge is 0.295 e. The van der Waals surface area contributed by atoms with E-state index >= 15 is 0 Å². The third kappa shape index (κ3) is 4.35. The molecule has 0 aliphatic rings. The Morgan fingerprint density at radius 3 is 1.95 bits per heavy atom. The summed E-state index contributed by atoms with van der Waals surface area (Å²) >= 11 is 1.26. The fourth-order valence-electron chi connectivity index (χ4n) is 1.50. The topological polar surface area (TPSA) is 17.1 Å². The second-order valence-corrected chi connectivity index (χ2v) is 4.67. The van der Waals surface area contributed by atoms with Gasteiger partial charge in [0.2, 0.25) is 0 Å². The molecule has 96 valence electrons. The van der Waals surface area contributed by atoms with E-state index in [2.05, 4.69) is 22.3 Å². The maximum atomic E-state index is 11.1. The van der Waals surface area contributed by atoms with Gasteiger partial charge in [-0.05, 0) is 41.7 Å². The zero-order chi connectivity index (χ0) is 14.2. The van der Waals surface area contributed by atoms with E-state index < -0.39 is 0 Å². The lowest BCUT2D eigenvalue weighted by molar-refractivity contribution is 0.101. The zero-order valence-electron chi connectivity index (χ0n) is 11.0. The first-order chi connectivity index (χ1) is 9.75. The Labute approximate surface area is 123 Å². The van der Waals surface area contributed by atoms with Crippen LogP contribution in [0.15, 0.2) is 54.6 Å². The number of ketones is 1. The van der Waals surface area contributed by atoms with Crippen molar-refractivity contribution in [2.45, 2.75) is 6.92 Å². The van der Waals surface area contributed by atoms with Gasteiger partial charge in [-0.25, -0.2) is 0 Å². The maximum Gasteiger partial charge on any atom is 0.159 e. The van der Waals surface area contributed by atoms with Gasteiger partial charge >= 0.3 is 0 Å². The highest BCUT2D eigenvalue weighted by Gasteiger charge is 1.96. The molecule has 0 spiro atoms. The molecule has 1 nitrogen and oxygen atoms in total. The molecule has 20 heavy (non-hydrogen) atoms. The van der Waals surface area contributed by atoms with E-state index in [4.69, 9.17) is 0 Å². The lowest BCUT2D eigenvalue weighted by Crippen LogP contribution is -1.90. The second kappa shape index (κ2) is 7.24. The molecule has 0 aliphatic heterocycles. The Bertz CT molecular complexity index is 707. The predicted octanol–water partition coefficient (Wildman–Crippen LogP) is 3.94. The van der Waals surface area contributed by atoms with Gasteiger partial charge in [-0.3, -0.25) is 4.79 Å². The van der Waals surface area contributed by atoms with Crippen LogP contribution in [0.3, 0.4) is 0 Å². The monoisotopic (exact) mass is 276 g/mol. The minimum absolute atomic E-state index is 0.0626. The molecule has 0 amide bonds. The van der Waals surface area contributed by atoms with Crippen molar-refractivity contribution < 1.29 is 4.79 Å². The molecule has 2 rings (SSSR count). The Morgan fingerprint density at radius 2 is 1.40 bits per heavy atom. The molecule has 0 saturated carbocycles. The molecular weight excluding hydrogens is 264 g/mol. The molecule has 0 bridgehead atoms.